The van der Waals surface area contributed by atoms with Crippen molar-refractivity contribution in [1.82, 2.24) is 0 Å². The zero-order valence-corrected chi connectivity index (χ0v) is 12.6. The molecule has 0 saturated heterocycles. The van der Waals surface area contributed by atoms with Gasteiger partial charge in [-0.15, -0.1) is 24.8 Å². The first-order valence-electron chi connectivity index (χ1n) is 6.66. The van der Waals surface area contributed by atoms with Crippen molar-refractivity contribution in [3.05, 3.63) is 73.1 Å². The molecule has 0 aliphatic heterocycles. The molecule has 0 spiro atoms. The van der Waals surface area contributed by atoms with Crippen LogP contribution in [0.5, 0.6) is 0 Å². The predicted molar refractivity (Wildman–Crippen MR) is 87.4 cm³/mol. The maximum absolute atomic E-state index is 13.6. The summed E-state index contributed by atoms with van der Waals surface area (Å²) in [7, 11) is 0. The number of ketones is 1. The van der Waals surface area contributed by atoms with E-state index in [-0.39, 0.29) is 11.6 Å². The summed E-state index contributed by atoms with van der Waals surface area (Å²) < 4.78 is 13.6. The lowest BCUT2D eigenvalue weighted by Gasteiger charge is -2.05. The fraction of sp³-hybridized carbons (Fsp3) is 0.167. The van der Waals surface area contributed by atoms with Gasteiger partial charge < -0.3 is 0 Å². The van der Waals surface area contributed by atoms with Crippen LogP contribution in [-0.2, 0) is 0 Å². The fourth-order valence-electron chi connectivity index (χ4n) is 1.90. The molecule has 2 aromatic rings. The smallest absolute Gasteiger partial charge is 0.162 e. The molecule has 0 aromatic heterocycles. The number of rotatable bonds is 5. The third kappa shape index (κ3) is 4.83. The van der Waals surface area contributed by atoms with Crippen LogP contribution in [0.4, 0.5) is 4.39 Å². The van der Waals surface area contributed by atoms with Crippen LogP contribution in [-0.4, -0.2) is 11.7 Å². The van der Waals surface area contributed by atoms with Gasteiger partial charge in [-0.2, -0.15) is 0 Å². The van der Waals surface area contributed by atoms with Crippen LogP contribution >= 0.6 is 11.6 Å². The molecule has 0 aliphatic rings. The lowest BCUT2D eigenvalue weighted by Crippen LogP contribution is -1.99. The van der Waals surface area contributed by atoms with Crippen LogP contribution in [0.1, 0.15) is 23.2 Å². The highest BCUT2D eigenvalue weighted by molar-refractivity contribution is 6.18. The molecule has 0 saturated carbocycles. The second kappa shape index (κ2) is 9.09. The van der Waals surface area contributed by atoms with Gasteiger partial charge >= 0.3 is 0 Å². The van der Waals surface area contributed by atoms with E-state index in [2.05, 4.69) is 13.2 Å². The first-order valence-corrected chi connectivity index (χ1v) is 7.20. The summed E-state index contributed by atoms with van der Waals surface area (Å²) >= 11 is 5.56. The number of hydrogen-bond donors (Lipinski definition) is 0. The van der Waals surface area contributed by atoms with Crippen LogP contribution in [0.3, 0.4) is 0 Å². The molecule has 0 heterocycles. The fourth-order valence-corrected chi connectivity index (χ4v) is 2.04. The molecule has 0 aliphatic carbocycles. The van der Waals surface area contributed by atoms with Crippen molar-refractivity contribution < 1.29 is 9.18 Å². The van der Waals surface area contributed by atoms with Crippen LogP contribution < -0.4 is 0 Å². The molecule has 110 valence electrons. The standard InChI is InChI=1S/C16H14ClFO.C2H4/c17-11-3-6-16(19)13-9-7-12(8-10-13)14-4-1-2-5-15(14)18;1-2/h1-2,4-5,7-10H,3,6,11H2;1-2H2. The Bertz CT molecular complexity index is 578. The topological polar surface area (TPSA) is 17.1 Å². The molecule has 2 aromatic carbocycles. The summed E-state index contributed by atoms with van der Waals surface area (Å²) in [6.07, 6.45) is 1.12. The van der Waals surface area contributed by atoms with Gasteiger partial charge in [-0.1, -0.05) is 42.5 Å². The van der Waals surface area contributed by atoms with Gasteiger partial charge in [0, 0.05) is 23.4 Å². The Morgan fingerprint density at radius 1 is 1.05 bits per heavy atom. The average molecular weight is 305 g/mol. The van der Waals surface area contributed by atoms with E-state index >= 15 is 0 Å². The van der Waals surface area contributed by atoms with E-state index in [4.69, 9.17) is 11.6 Å². The zero-order chi connectivity index (χ0) is 15.7. The minimum atomic E-state index is -0.260. The van der Waals surface area contributed by atoms with Crippen LogP contribution in [0.25, 0.3) is 11.1 Å². The molecule has 0 bridgehead atoms. The number of alkyl halides is 1. The van der Waals surface area contributed by atoms with Crippen molar-refractivity contribution in [3.63, 3.8) is 0 Å². The Morgan fingerprint density at radius 3 is 2.24 bits per heavy atom. The molecule has 0 atom stereocenters. The number of hydrogen-bond acceptors (Lipinski definition) is 1. The van der Waals surface area contributed by atoms with E-state index in [0.29, 0.717) is 29.8 Å². The van der Waals surface area contributed by atoms with E-state index in [1.54, 1.807) is 42.5 Å². The summed E-state index contributed by atoms with van der Waals surface area (Å²) in [6, 6.07) is 13.6. The molecule has 2 rings (SSSR count). The Hall–Kier alpha value is -1.93. The highest BCUT2D eigenvalue weighted by Crippen LogP contribution is 2.23. The van der Waals surface area contributed by atoms with Crippen LogP contribution in [0.15, 0.2) is 61.7 Å². The number of benzene rings is 2. The Balaban J connectivity index is 0.00000106. The van der Waals surface area contributed by atoms with E-state index in [9.17, 15) is 9.18 Å². The summed E-state index contributed by atoms with van der Waals surface area (Å²) in [5, 5.41) is 0. The van der Waals surface area contributed by atoms with Gasteiger partial charge in [-0.05, 0) is 18.1 Å². The minimum absolute atomic E-state index is 0.0701. The first-order chi connectivity index (χ1) is 10.2. The van der Waals surface area contributed by atoms with Crippen LogP contribution in [0.2, 0.25) is 0 Å². The maximum Gasteiger partial charge on any atom is 0.162 e. The summed E-state index contributed by atoms with van der Waals surface area (Å²) in [5.41, 5.74) is 1.96. The molecule has 0 fully saturated rings. The summed E-state index contributed by atoms with van der Waals surface area (Å²) in [5.74, 6) is 0.295. The van der Waals surface area contributed by atoms with Crippen molar-refractivity contribution in [2.24, 2.45) is 0 Å². The van der Waals surface area contributed by atoms with Gasteiger partial charge in [0.25, 0.3) is 0 Å². The Morgan fingerprint density at radius 2 is 1.67 bits per heavy atom. The number of Topliss-reactive ketones (excluding diaryl/α,β-unsaturated/α-hetero) is 1. The molecule has 3 heteroatoms. The summed E-state index contributed by atoms with van der Waals surface area (Å²) in [4.78, 5) is 11.8. The molecule has 0 unspecified atom stereocenters. The van der Waals surface area contributed by atoms with Crippen molar-refractivity contribution in [3.8, 4) is 11.1 Å². The Labute approximate surface area is 130 Å². The van der Waals surface area contributed by atoms with E-state index in [1.165, 1.54) is 6.07 Å². The predicted octanol–water partition coefficient (Wildman–Crippen LogP) is 5.50. The quantitative estimate of drug-likeness (QED) is 0.405. The monoisotopic (exact) mass is 304 g/mol. The molecule has 0 N–H and O–H groups in total. The third-order valence-electron chi connectivity index (χ3n) is 2.93. The van der Waals surface area contributed by atoms with Gasteiger partial charge in [0.15, 0.2) is 5.78 Å². The van der Waals surface area contributed by atoms with Crippen LogP contribution in [0, 0.1) is 5.82 Å². The average Bonchev–Trinajstić information content (AvgIpc) is 2.55. The number of carbonyl (C=O) groups excluding carboxylic acids is 1. The normalized spacial score (nSPS) is 9.62. The van der Waals surface area contributed by atoms with E-state index in [0.717, 1.165) is 5.56 Å². The molecular formula is C18H18ClFO. The first kappa shape index (κ1) is 17.1. The number of halogens is 2. The van der Waals surface area contributed by atoms with E-state index < -0.39 is 0 Å². The lowest BCUT2D eigenvalue weighted by atomic mass is 10.0. The highest BCUT2D eigenvalue weighted by Gasteiger charge is 2.07. The van der Waals surface area contributed by atoms with Crippen molar-refractivity contribution >= 4 is 17.4 Å². The van der Waals surface area contributed by atoms with Crippen molar-refractivity contribution in [2.45, 2.75) is 12.8 Å². The molecular weight excluding hydrogens is 287 g/mol. The summed E-state index contributed by atoms with van der Waals surface area (Å²) in [6.45, 7) is 6.00. The molecule has 21 heavy (non-hydrogen) atoms. The number of carbonyl (C=O) groups is 1. The minimum Gasteiger partial charge on any atom is -0.294 e. The van der Waals surface area contributed by atoms with Gasteiger partial charge in [0.05, 0.1) is 0 Å². The second-order valence-corrected chi connectivity index (χ2v) is 4.65. The lowest BCUT2D eigenvalue weighted by molar-refractivity contribution is 0.0982. The molecule has 1 nitrogen and oxygen atoms in total. The Kier molecular flexibility index (Phi) is 7.41. The zero-order valence-electron chi connectivity index (χ0n) is 11.8. The van der Waals surface area contributed by atoms with Gasteiger partial charge in [-0.3, -0.25) is 4.79 Å². The molecule has 0 amide bonds. The third-order valence-corrected chi connectivity index (χ3v) is 3.20. The highest BCUT2D eigenvalue weighted by atomic mass is 35.5. The van der Waals surface area contributed by atoms with E-state index in [1.807, 2.05) is 0 Å². The maximum atomic E-state index is 13.6. The van der Waals surface area contributed by atoms with Gasteiger partial charge in [-0.25, -0.2) is 4.39 Å². The second-order valence-electron chi connectivity index (χ2n) is 4.27. The van der Waals surface area contributed by atoms with Gasteiger partial charge in [0.2, 0.25) is 0 Å². The van der Waals surface area contributed by atoms with Crippen molar-refractivity contribution in [1.29, 1.82) is 0 Å². The molecule has 0 radical (unpaired) electrons. The largest absolute Gasteiger partial charge is 0.294 e. The van der Waals surface area contributed by atoms with Gasteiger partial charge in [0.1, 0.15) is 5.82 Å². The van der Waals surface area contributed by atoms with Crippen molar-refractivity contribution in [2.75, 3.05) is 5.88 Å². The SMILES string of the molecule is C=C.O=C(CCCCl)c1ccc(-c2ccccc2F)cc1.